The molecule has 9 heteroatoms. The van der Waals surface area contributed by atoms with Gasteiger partial charge in [0.15, 0.2) is 11.5 Å². The second kappa shape index (κ2) is 13.0. The lowest BCUT2D eigenvalue weighted by Crippen LogP contribution is -2.12. The number of thioether (sulfide) groups is 1. The molecule has 1 aliphatic heterocycles. The first kappa shape index (κ1) is 28.4. The Hall–Kier alpha value is -4.14. The molecule has 0 spiro atoms. The normalized spacial score (nSPS) is 15.2. The predicted octanol–water partition coefficient (Wildman–Crippen LogP) is 7.97. The number of aryl methyl sites for hydroxylation is 1. The molecule has 0 atom stereocenters. The number of fused-ring (bicyclic) bond motifs is 1. The Kier molecular flexibility index (Phi) is 9.01. The van der Waals surface area contributed by atoms with Gasteiger partial charge in [-0.15, -0.1) is 0 Å². The van der Waals surface area contributed by atoms with Crippen molar-refractivity contribution >= 4 is 57.0 Å². The van der Waals surface area contributed by atoms with E-state index in [0.717, 1.165) is 29.4 Å². The number of halogens is 1. The van der Waals surface area contributed by atoms with Gasteiger partial charge in [-0.3, -0.25) is 0 Å². The number of methoxy groups -OCH3 is 1. The minimum Gasteiger partial charge on any atom is -0.506 e. The minimum atomic E-state index is -0.619. The zero-order valence-corrected chi connectivity index (χ0v) is 24.2. The van der Waals surface area contributed by atoms with Crippen molar-refractivity contribution in [2.45, 2.75) is 19.9 Å². The van der Waals surface area contributed by atoms with Crippen LogP contribution >= 0.6 is 23.4 Å². The summed E-state index contributed by atoms with van der Waals surface area (Å²) in [5.41, 5.74) is 2.63. The predicted molar refractivity (Wildman–Crippen MR) is 165 cm³/mol. The Morgan fingerprint density at radius 1 is 1.05 bits per heavy atom. The lowest BCUT2D eigenvalue weighted by Gasteiger charge is -2.11. The van der Waals surface area contributed by atoms with Gasteiger partial charge in [0.25, 0.3) is 0 Å². The van der Waals surface area contributed by atoms with Crippen molar-refractivity contribution in [1.82, 2.24) is 4.57 Å². The monoisotopic (exact) mass is 588 g/mol. The molecule has 1 aliphatic rings. The first-order valence-corrected chi connectivity index (χ1v) is 14.4. The maximum atomic E-state index is 12.8. The molecular weight excluding hydrogens is 560 g/mol. The highest BCUT2D eigenvalue weighted by atomic mass is 35.5. The number of aliphatic hydroxyl groups is 1. The molecule has 4 aromatic rings. The molecule has 41 heavy (non-hydrogen) atoms. The largest absolute Gasteiger partial charge is 0.506 e. The summed E-state index contributed by atoms with van der Waals surface area (Å²) in [4.78, 5) is 17.9. The molecule has 0 saturated carbocycles. The molecule has 0 amide bonds. The Balaban J connectivity index is 1.41. The van der Waals surface area contributed by atoms with E-state index in [4.69, 9.17) is 25.8 Å². The maximum Gasteiger partial charge on any atom is 0.344 e. The van der Waals surface area contributed by atoms with Crippen molar-refractivity contribution in [2.24, 2.45) is 4.99 Å². The van der Waals surface area contributed by atoms with Crippen molar-refractivity contribution in [3.05, 3.63) is 106 Å². The molecule has 0 radical (unpaired) electrons. The molecule has 0 bridgehead atoms. The van der Waals surface area contributed by atoms with E-state index in [1.54, 1.807) is 38.3 Å². The molecule has 0 aliphatic carbocycles. The van der Waals surface area contributed by atoms with Crippen LogP contribution in [0.25, 0.3) is 17.0 Å². The SMILES string of the molecule is CCOC(=O)C1=C(O)/C(=C/c2cn(CCCOc3ccccc3OC)c3ccccc23)SC1=Nc1ccc(Cl)cc1. The Labute approximate surface area is 247 Å². The third-order valence-corrected chi connectivity index (χ3v) is 7.68. The average molecular weight is 589 g/mol. The van der Waals surface area contributed by atoms with Crippen molar-refractivity contribution in [1.29, 1.82) is 0 Å². The van der Waals surface area contributed by atoms with Crippen LogP contribution in [0.5, 0.6) is 11.5 Å². The van der Waals surface area contributed by atoms with Gasteiger partial charge in [0, 0.05) is 34.2 Å². The molecule has 210 valence electrons. The fourth-order valence-corrected chi connectivity index (χ4v) is 5.65. The minimum absolute atomic E-state index is 0.0512. The van der Waals surface area contributed by atoms with E-state index in [1.165, 1.54) is 11.8 Å². The van der Waals surface area contributed by atoms with E-state index in [-0.39, 0.29) is 17.9 Å². The fraction of sp³-hybridized carbons (Fsp3) is 0.188. The number of nitrogens with zero attached hydrogens (tertiary/aromatic N) is 2. The quantitative estimate of drug-likeness (QED) is 0.149. The second-order valence-corrected chi connectivity index (χ2v) is 10.6. The van der Waals surface area contributed by atoms with Crippen molar-refractivity contribution in [3.63, 3.8) is 0 Å². The van der Waals surface area contributed by atoms with Crippen LogP contribution in [0.4, 0.5) is 5.69 Å². The van der Waals surface area contributed by atoms with Gasteiger partial charge in [-0.25, -0.2) is 9.79 Å². The third-order valence-electron chi connectivity index (χ3n) is 6.40. The number of aromatic nitrogens is 1. The number of ether oxygens (including phenoxy) is 3. The van der Waals surface area contributed by atoms with Crippen molar-refractivity contribution in [2.75, 3.05) is 20.3 Å². The molecule has 3 aromatic carbocycles. The van der Waals surface area contributed by atoms with Crippen LogP contribution in [0.1, 0.15) is 18.9 Å². The number of benzene rings is 3. The van der Waals surface area contributed by atoms with Gasteiger partial charge in [-0.1, -0.05) is 53.7 Å². The van der Waals surface area contributed by atoms with E-state index < -0.39 is 5.97 Å². The Morgan fingerprint density at radius 3 is 2.54 bits per heavy atom. The van der Waals surface area contributed by atoms with E-state index in [9.17, 15) is 9.90 Å². The summed E-state index contributed by atoms with van der Waals surface area (Å²) in [6.45, 7) is 3.16. The van der Waals surface area contributed by atoms with Crippen LogP contribution < -0.4 is 9.47 Å². The smallest absolute Gasteiger partial charge is 0.344 e. The maximum absolute atomic E-state index is 12.8. The molecule has 1 N–H and O–H groups in total. The molecule has 0 unspecified atom stereocenters. The highest BCUT2D eigenvalue weighted by molar-refractivity contribution is 8.18. The highest BCUT2D eigenvalue weighted by Crippen LogP contribution is 2.41. The van der Waals surface area contributed by atoms with E-state index in [1.807, 2.05) is 54.7 Å². The topological polar surface area (TPSA) is 82.3 Å². The molecule has 2 heterocycles. The number of esters is 1. The van der Waals surface area contributed by atoms with E-state index in [2.05, 4.69) is 15.6 Å². The van der Waals surface area contributed by atoms with Gasteiger partial charge < -0.3 is 23.9 Å². The lowest BCUT2D eigenvalue weighted by atomic mass is 10.1. The number of carbonyl (C=O) groups excluding carboxylic acids is 1. The zero-order chi connectivity index (χ0) is 28.8. The number of carbonyl (C=O) groups is 1. The first-order chi connectivity index (χ1) is 20.0. The second-order valence-electron chi connectivity index (χ2n) is 9.10. The van der Waals surface area contributed by atoms with Gasteiger partial charge >= 0.3 is 5.97 Å². The summed E-state index contributed by atoms with van der Waals surface area (Å²) in [5.74, 6) is 0.650. The van der Waals surface area contributed by atoms with Gasteiger partial charge in [-0.2, -0.15) is 0 Å². The molecule has 0 fully saturated rings. The first-order valence-electron chi connectivity index (χ1n) is 13.2. The highest BCUT2D eigenvalue weighted by Gasteiger charge is 2.33. The van der Waals surface area contributed by atoms with Crippen LogP contribution in [0.15, 0.2) is 100 Å². The van der Waals surface area contributed by atoms with E-state index in [0.29, 0.717) is 38.8 Å². The number of para-hydroxylation sites is 3. The lowest BCUT2D eigenvalue weighted by molar-refractivity contribution is -0.138. The molecule has 7 nitrogen and oxygen atoms in total. The standard InChI is InChI=1S/C32H29ClN2O5S/c1-3-39-32(37)29-30(36)28(41-31(29)34-23-15-13-22(33)14-16-23)19-21-20-35(25-10-5-4-9-24(21)25)17-8-18-40-27-12-7-6-11-26(27)38-2/h4-7,9-16,19-20,36H,3,8,17-18H2,1-2H3/b28-19-,34-31?. The van der Waals surface area contributed by atoms with Crippen LogP contribution in [0.3, 0.4) is 0 Å². The number of hydrogen-bond acceptors (Lipinski definition) is 7. The zero-order valence-electron chi connectivity index (χ0n) is 22.7. The summed E-state index contributed by atoms with van der Waals surface area (Å²) in [6.07, 6.45) is 4.71. The number of rotatable bonds is 10. The molecule has 5 rings (SSSR count). The summed E-state index contributed by atoms with van der Waals surface area (Å²) >= 11 is 7.24. The van der Waals surface area contributed by atoms with Crippen LogP contribution in [-0.4, -0.2) is 41.0 Å². The third kappa shape index (κ3) is 6.45. The summed E-state index contributed by atoms with van der Waals surface area (Å²) in [7, 11) is 1.63. The number of aliphatic hydroxyl groups excluding tert-OH is 1. The van der Waals surface area contributed by atoms with Crippen molar-refractivity contribution in [3.8, 4) is 11.5 Å². The van der Waals surface area contributed by atoms with Crippen molar-refractivity contribution < 1.29 is 24.1 Å². The average Bonchev–Trinajstić information content (AvgIpc) is 3.49. The number of aliphatic imine (C=N–C) groups is 1. The molecule has 1 aromatic heterocycles. The van der Waals surface area contributed by atoms with Crippen LogP contribution in [0.2, 0.25) is 5.02 Å². The molecular formula is C32H29ClN2O5S. The Morgan fingerprint density at radius 2 is 1.78 bits per heavy atom. The summed E-state index contributed by atoms with van der Waals surface area (Å²) in [6, 6.07) is 22.6. The van der Waals surface area contributed by atoms with Crippen LogP contribution in [-0.2, 0) is 16.1 Å². The van der Waals surface area contributed by atoms with Gasteiger partial charge in [0.1, 0.15) is 16.4 Å². The van der Waals surface area contributed by atoms with Gasteiger partial charge in [-0.05, 0) is 61.9 Å². The summed E-state index contributed by atoms with van der Waals surface area (Å²) in [5, 5.41) is 13.1. The fourth-order valence-electron chi connectivity index (χ4n) is 4.50. The van der Waals surface area contributed by atoms with Gasteiger partial charge in [0.05, 0.1) is 30.9 Å². The molecule has 0 saturated heterocycles. The van der Waals surface area contributed by atoms with E-state index >= 15 is 0 Å². The number of hydrogen-bond donors (Lipinski definition) is 1. The van der Waals surface area contributed by atoms with Gasteiger partial charge in [0.2, 0.25) is 0 Å². The van der Waals surface area contributed by atoms with Crippen LogP contribution in [0, 0.1) is 0 Å². The summed E-state index contributed by atoms with van der Waals surface area (Å²) < 4.78 is 18.7. The Bertz CT molecular complexity index is 1660.